The molecule has 100 valence electrons. The molecule has 0 aromatic heterocycles. The maximum absolute atomic E-state index is 13.3. The van der Waals surface area contributed by atoms with Gasteiger partial charge in [0.05, 0.1) is 12.2 Å². The number of benzene rings is 1. The van der Waals surface area contributed by atoms with Crippen molar-refractivity contribution in [1.29, 1.82) is 0 Å². The number of carbonyl (C=O) groups is 1. The predicted molar refractivity (Wildman–Crippen MR) is 67.4 cm³/mol. The van der Waals surface area contributed by atoms with Gasteiger partial charge in [0.15, 0.2) is 0 Å². The van der Waals surface area contributed by atoms with Crippen LogP contribution in [0.25, 0.3) is 0 Å². The van der Waals surface area contributed by atoms with Gasteiger partial charge in [0.2, 0.25) is 5.91 Å². The molecule has 1 rings (SSSR count). The van der Waals surface area contributed by atoms with E-state index in [1.807, 2.05) is 20.8 Å². The molecule has 0 unspecified atom stereocenters. The summed E-state index contributed by atoms with van der Waals surface area (Å²) < 4.78 is 25.9. The largest absolute Gasteiger partial charge is 0.322 e. The normalized spacial score (nSPS) is 11.4. The third kappa shape index (κ3) is 4.41. The van der Waals surface area contributed by atoms with Gasteiger partial charge in [-0.1, -0.05) is 6.92 Å². The lowest BCUT2D eigenvalue weighted by Crippen LogP contribution is -2.43. The smallest absolute Gasteiger partial charge is 0.238 e. The van der Waals surface area contributed by atoms with Crippen LogP contribution in [0.1, 0.15) is 27.2 Å². The minimum Gasteiger partial charge on any atom is -0.322 e. The van der Waals surface area contributed by atoms with Gasteiger partial charge in [-0.05, 0) is 32.4 Å². The number of rotatable bonds is 5. The van der Waals surface area contributed by atoms with Gasteiger partial charge >= 0.3 is 0 Å². The second-order valence-electron chi connectivity index (χ2n) is 4.76. The maximum Gasteiger partial charge on any atom is 0.238 e. The van der Waals surface area contributed by atoms with E-state index >= 15 is 0 Å². The topological polar surface area (TPSA) is 41.1 Å². The first-order valence-electron chi connectivity index (χ1n) is 5.84. The summed E-state index contributed by atoms with van der Waals surface area (Å²) in [5.41, 5.74) is -0.170. The molecule has 2 N–H and O–H groups in total. The van der Waals surface area contributed by atoms with Crippen LogP contribution >= 0.6 is 0 Å². The van der Waals surface area contributed by atoms with E-state index in [1.54, 1.807) is 0 Å². The maximum atomic E-state index is 13.3. The van der Waals surface area contributed by atoms with Gasteiger partial charge in [-0.3, -0.25) is 4.79 Å². The molecular formula is C13H18F2N2O. The van der Waals surface area contributed by atoms with Crippen molar-refractivity contribution >= 4 is 11.6 Å². The average Bonchev–Trinajstić information content (AvgIpc) is 2.30. The Morgan fingerprint density at radius 1 is 1.33 bits per heavy atom. The summed E-state index contributed by atoms with van der Waals surface area (Å²) in [5.74, 6) is -1.81. The standard InChI is InChI=1S/C13H18F2N2O/c1-4-13(2,3)16-8-12(18)17-11-6-5-9(14)7-10(11)15/h5-7,16H,4,8H2,1-3H3,(H,17,18). The Labute approximate surface area is 106 Å². The van der Waals surface area contributed by atoms with Crippen molar-refractivity contribution in [3.63, 3.8) is 0 Å². The first-order chi connectivity index (χ1) is 8.34. The van der Waals surface area contributed by atoms with Gasteiger partial charge in [-0.2, -0.15) is 0 Å². The molecule has 0 radical (unpaired) electrons. The van der Waals surface area contributed by atoms with E-state index in [2.05, 4.69) is 10.6 Å². The van der Waals surface area contributed by atoms with Crippen molar-refractivity contribution in [2.75, 3.05) is 11.9 Å². The number of hydrogen-bond donors (Lipinski definition) is 2. The molecule has 0 saturated heterocycles. The Morgan fingerprint density at radius 2 is 2.00 bits per heavy atom. The summed E-state index contributed by atoms with van der Waals surface area (Å²) in [6, 6.07) is 3.04. The molecule has 18 heavy (non-hydrogen) atoms. The number of hydrogen-bond acceptors (Lipinski definition) is 2. The molecule has 1 aromatic carbocycles. The van der Waals surface area contributed by atoms with Gasteiger partial charge in [-0.25, -0.2) is 8.78 Å². The van der Waals surface area contributed by atoms with Gasteiger partial charge in [0, 0.05) is 11.6 Å². The first-order valence-corrected chi connectivity index (χ1v) is 5.84. The minimum absolute atomic E-state index is 0.0162. The van der Waals surface area contributed by atoms with Crippen molar-refractivity contribution in [1.82, 2.24) is 5.32 Å². The summed E-state index contributed by atoms with van der Waals surface area (Å²) in [6.07, 6.45) is 0.866. The van der Waals surface area contributed by atoms with Crippen LogP contribution in [0.2, 0.25) is 0 Å². The Bertz CT molecular complexity index is 433. The van der Waals surface area contributed by atoms with Crippen LogP contribution in [0, 0.1) is 11.6 Å². The summed E-state index contributed by atoms with van der Waals surface area (Å²) in [5, 5.41) is 5.44. The molecule has 0 aliphatic heterocycles. The first kappa shape index (κ1) is 14.6. The van der Waals surface area contributed by atoms with Crippen LogP contribution in [0.5, 0.6) is 0 Å². The fourth-order valence-corrected chi connectivity index (χ4v) is 1.23. The number of carbonyl (C=O) groups excluding carboxylic acids is 1. The molecule has 0 atom stereocenters. The Morgan fingerprint density at radius 3 is 2.56 bits per heavy atom. The van der Waals surface area contributed by atoms with Crippen LogP contribution in [0.3, 0.4) is 0 Å². The summed E-state index contributed by atoms with van der Waals surface area (Å²) >= 11 is 0. The van der Waals surface area contributed by atoms with Gasteiger partial charge in [-0.15, -0.1) is 0 Å². The quantitative estimate of drug-likeness (QED) is 0.850. The highest BCUT2D eigenvalue weighted by molar-refractivity contribution is 5.92. The van der Waals surface area contributed by atoms with Gasteiger partial charge in [0.25, 0.3) is 0 Å². The van der Waals surface area contributed by atoms with Crippen LogP contribution < -0.4 is 10.6 Å². The zero-order valence-corrected chi connectivity index (χ0v) is 10.8. The van der Waals surface area contributed by atoms with E-state index in [9.17, 15) is 13.6 Å². The molecule has 0 aliphatic carbocycles. The van der Waals surface area contributed by atoms with Crippen LogP contribution in [-0.4, -0.2) is 18.0 Å². The molecule has 0 bridgehead atoms. The lowest BCUT2D eigenvalue weighted by Gasteiger charge is -2.24. The Hall–Kier alpha value is -1.49. The van der Waals surface area contributed by atoms with E-state index in [4.69, 9.17) is 0 Å². The van der Waals surface area contributed by atoms with Gasteiger partial charge in [0.1, 0.15) is 11.6 Å². The predicted octanol–water partition coefficient (Wildman–Crippen LogP) is 2.68. The summed E-state index contributed by atoms with van der Waals surface area (Å²) in [6.45, 7) is 6.03. The summed E-state index contributed by atoms with van der Waals surface area (Å²) in [4.78, 5) is 11.6. The lowest BCUT2D eigenvalue weighted by atomic mass is 10.0. The van der Waals surface area contributed by atoms with Crippen molar-refractivity contribution in [3.8, 4) is 0 Å². The van der Waals surface area contributed by atoms with Crippen LogP contribution in [-0.2, 0) is 4.79 Å². The second kappa shape index (κ2) is 5.91. The van der Waals surface area contributed by atoms with E-state index in [-0.39, 0.29) is 23.7 Å². The fraction of sp³-hybridized carbons (Fsp3) is 0.462. The molecule has 0 aliphatic rings. The van der Waals surface area contributed by atoms with Crippen molar-refractivity contribution in [2.24, 2.45) is 0 Å². The number of halogens is 2. The highest BCUT2D eigenvalue weighted by Gasteiger charge is 2.16. The van der Waals surface area contributed by atoms with E-state index < -0.39 is 11.6 Å². The fourth-order valence-electron chi connectivity index (χ4n) is 1.23. The highest BCUT2D eigenvalue weighted by Crippen LogP contribution is 2.14. The lowest BCUT2D eigenvalue weighted by molar-refractivity contribution is -0.115. The molecule has 1 amide bonds. The Balaban J connectivity index is 2.55. The number of nitrogens with one attached hydrogen (secondary N) is 2. The zero-order chi connectivity index (χ0) is 13.8. The molecule has 0 saturated carbocycles. The zero-order valence-electron chi connectivity index (χ0n) is 10.8. The van der Waals surface area contributed by atoms with E-state index in [0.29, 0.717) is 0 Å². The third-order valence-electron chi connectivity index (χ3n) is 2.82. The number of anilines is 1. The van der Waals surface area contributed by atoms with E-state index in [1.165, 1.54) is 6.07 Å². The molecular weight excluding hydrogens is 238 g/mol. The van der Waals surface area contributed by atoms with Crippen molar-refractivity contribution in [3.05, 3.63) is 29.8 Å². The highest BCUT2D eigenvalue weighted by atomic mass is 19.1. The molecule has 0 heterocycles. The second-order valence-corrected chi connectivity index (χ2v) is 4.76. The van der Waals surface area contributed by atoms with Crippen molar-refractivity contribution < 1.29 is 13.6 Å². The number of amides is 1. The monoisotopic (exact) mass is 256 g/mol. The molecule has 3 nitrogen and oxygen atoms in total. The average molecular weight is 256 g/mol. The SMILES string of the molecule is CCC(C)(C)NCC(=O)Nc1ccc(F)cc1F. The third-order valence-corrected chi connectivity index (χ3v) is 2.82. The van der Waals surface area contributed by atoms with Gasteiger partial charge < -0.3 is 10.6 Å². The van der Waals surface area contributed by atoms with Crippen LogP contribution in [0.4, 0.5) is 14.5 Å². The molecule has 0 fully saturated rings. The molecule has 5 heteroatoms. The Kier molecular flexibility index (Phi) is 4.78. The van der Waals surface area contributed by atoms with Crippen molar-refractivity contribution in [2.45, 2.75) is 32.7 Å². The minimum atomic E-state index is -0.780. The van der Waals surface area contributed by atoms with Crippen LogP contribution in [0.15, 0.2) is 18.2 Å². The molecule has 0 spiro atoms. The summed E-state index contributed by atoms with van der Waals surface area (Å²) in [7, 11) is 0. The molecule has 1 aromatic rings. The van der Waals surface area contributed by atoms with E-state index in [0.717, 1.165) is 18.6 Å².